The Morgan fingerprint density at radius 3 is 2.39 bits per heavy atom. The fraction of sp³-hybridized carbons (Fsp3) is 0.500. The second kappa shape index (κ2) is 7.51. The molecule has 0 unspecified atom stereocenters. The van der Waals surface area contributed by atoms with Crippen molar-refractivity contribution in [1.82, 2.24) is 19.1 Å². The number of aromatic nitrogens is 1. The summed E-state index contributed by atoms with van der Waals surface area (Å²) in [6.45, 7) is 1.70. The monoisotopic (exact) mass is 340 g/mol. The molecule has 9 heteroatoms. The molecule has 0 N–H and O–H groups in total. The first kappa shape index (κ1) is 17.4. The standard InChI is InChI=1S/C14H20N4O4S/c1-23(21,22)18(10-13-2-4-15-5-3-13)11-14(20)17-8-6-16(12-19)7-9-17/h2-5,12H,6-11H2,1H3. The SMILES string of the molecule is CS(=O)(=O)N(CC(=O)N1CCN(C=O)CC1)Cc1ccncc1. The van der Waals surface area contributed by atoms with Gasteiger partial charge in [0.1, 0.15) is 0 Å². The molecule has 1 aromatic heterocycles. The van der Waals surface area contributed by atoms with E-state index in [1.165, 1.54) is 0 Å². The number of hydrogen-bond donors (Lipinski definition) is 0. The van der Waals surface area contributed by atoms with E-state index >= 15 is 0 Å². The third kappa shape index (κ3) is 5.00. The lowest BCUT2D eigenvalue weighted by molar-refractivity contribution is -0.135. The van der Waals surface area contributed by atoms with E-state index < -0.39 is 10.0 Å². The number of pyridine rings is 1. The third-order valence-corrected chi connectivity index (χ3v) is 4.90. The quantitative estimate of drug-likeness (QED) is 0.629. The molecule has 1 saturated heterocycles. The summed E-state index contributed by atoms with van der Waals surface area (Å²) < 4.78 is 25.0. The lowest BCUT2D eigenvalue weighted by Crippen LogP contribution is -2.51. The van der Waals surface area contributed by atoms with Crippen LogP contribution in [0.4, 0.5) is 0 Å². The first-order valence-electron chi connectivity index (χ1n) is 7.21. The lowest BCUT2D eigenvalue weighted by atomic mass is 10.2. The second-order valence-electron chi connectivity index (χ2n) is 5.41. The Morgan fingerprint density at radius 2 is 1.87 bits per heavy atom. The van der Waals surface area contributed by atoms with E-state index in [0.29, 0.717) is 26.2 Å². The summed E-state index contributed by atoms with van der Waals surface area (Å²) >= 11 is 0. The van der Waals surface area contributed by atoms with Crippen LogP contribution in [0.5, 0.6) is 0 Å². The van der Waals surface area contributed by atoms with Gasteiger partial charge >= 0.3 is 0 Å². The summed E-state index contributed by atoms with van der Waals surface area (Å²) in [6, 6.07) is 3.43. The molecule has 2 amide bonds. The van der Waals surface area contributed by atoms with Crippen molar-refractivity contribution in [3.8, 4) is 0 Å². The molecule has 0 saturated carbocycles. The highest BCUT2D eigenvalue weighted by molar-refractivity contribution is 7.88. The van der Waals surface area contributed by atoms with Crippen LogP contribution >= 0.6 is 0 Å². The highest BCUT2D eigenvalue weighted by Crippen LogP contribution is 2.09. The van der Waals surface area contributed by atoms with Crippen LogP contribution in [-0.4, -0.2) is 78.8 Å². The molecule has 8 nitrogen and oxygen atoms in total. The minimum atomic E-state index is -3.51. The summed E-state index contributed by atoms with van der Waals surface area (Å²) in [7, 11) is -3.51. The van der Waals surface area contributed by atoms with Crippen LogP contribution in [0.1, 0.15) is 5.56 Å². The zero-order valence-corrected chi connectivity index (χ0v) is 13.8. The normalized spacial score (nSPS) is 15.7. The minimum Gasteiger partial charge on any atom is -0.342 e. The van der Waals surface area contributed by atoms with Crippen LogP contribution in [0.2, 0.25) is 0 Å². The zero-order valence-electron chi connectivity index (χ0n) is 13.0. The predicted octanol–water partition coefficient (Wildman–Crippen LogP) is -0.856. The Labute approximate surface area is 135 Å². The number of nitrogens with zero attached hydrogens (tertiary/aromatic N) is 4. The molecule has 2 heterocycles. The summed E-state index contributed by atoms with van der Waals surface area (Å²) in [5, 5.41) is 0. The molecule has 0 radical (unpaired) electrons. The first-order valence-corrected chi connectivity index (χ1v) is 9.06. The third-order valence-electron chi connectivity index (χ3n) is 3.70. The van der Waals surface area contributed by atoms with Gasteiger partial charge < -0.3 is 9.80 Å². The van der Waals surface area contributed by atoms with Gasteiger partial charge in [-0.05, 0) is 17.7 Å². The van der Waals surface area contributed by atoms with Crippen molar-refractivity contribution in [3.05, 3.63) is 30.1 Å². The van der Waals surface area contributed by atoms with Crippen molar-refractivity contribution in [2.75, 3.05) is 39.0 Å². The topological polar surface area (TPSA) is 90.9 Å². The fourth-order valence-electron chi connectivity index (χ4n) is 2.31. The maximum absolute atomic E-state index is 12.3. The second-order valence-corrected chi connectivity index (χ2v) is 7.39. The van der Waals surface area contributed by atoms with Gasteiger partial charge in [0.25, 0.3) is 0 Å². The van der Waals surface area contributed by atoms with Crippen LogP contribution < -0.4 is 0 Å². The summed E-state index contributed by atoms with van der Waals surface area (Å²) in [4.78, 5) is 30.1. The van der Waals surface area contributed by atoms with Crippen LogP contribution in [0.3, 0.4) is 0 Å². The van der Waals surface area contributed by atoms with Gasteiger partial charge in [0, 0.05) is 45.1 Å². The Bertz CT molecular complexity index is 642. The van der Waals surface area contributed by atoms with E-state index in [-0.39, 0.29) is 19.0 Å². The Balaban J connectivity index is 2.01. The molecule has 0 atom stereocenters. The number of sulfonamides is 1. The fourth-order valence-corrected chi connectivity index (χ4v) is 3.04. The molecule has 1 fully saturated rings. The van der Waals surface area contributed by atoms with E-state index in [2.05, 4.69) is 4.98 Å². The van der Waals surface area contributed by atoms with E-state index in [1.54, 1.807) is 34.3 Å². The highest BCUT2D eigenvalue weighted by Gasteiger charge is 2.26. The van der Waals surface area contributed by atoms with Crippen LogP contribution in [-0.2, 0) is 26.2 Å². The van der Waals surface area contributed by atoms with E-state index in [0.717, 1.165) is 22.5 Å². The van der Waals surface area contributed by atoms with E-state index in [4.69, 9.17) is 0 Å². The largest absolute Gasteiger partial charge is 0.342 e. The molecule has 2 rings (SSSR count). The van der Waals surface area contributed by atoms with Crippen LogP contribution in [0.15, 0.2) is 24.5 Å². The highest BCUT2D eigenvalue weighted by atomic mass is 32.2. The van der Waals surface area contributed by atoms with Crippen molar-refractivity contribution >= 4 is 22.3 Å². The molecule has 0 aliphatic carbocycles. The number of hydrogen-bond acceptors (Lipinski definition) is 5. The van der Waals surface area contributed by atoms with Crippen molar-refractivity contribution in [3.63, 3.8) is 0 Å². The van der Waals surface area contributed by atoms with Crippen LogP contribution in [0, 0.1) is 0 Å². The average molecular weight is 340 g/mol. The molecule has 0 bridgehead atoms. The smallest absolute Gasteiger partial charge is 0.238 e. The maximum atomic E-state index is 12.3. The maximum Gasteiger partial charge on any atom is 0.238 e. The Kier molecular flexibility index (Phi) is 5.67. The van der Waals surface area contributed by atoms with Gasteiger partial charge in [-0.1, -0.05) is 0 Å². The van der Waals surface area contributed by atoms with Gasteiger partial charge in [-0.15, -0.1) is 0 Å². The molecule has 126 valence electrons. The number of piperazine rings is 1. The van der Waals surface area contributed by atoms with Gasteiger partial charge in [0.2, 0.25) is 22.3 Å². The average Bonchev–Trinajstić information content (AvgIpc) is 2.54. The van der Waals surface area contributed by atoms with Crippen LogP contribution in [0.25, 0.3) is 0 Å². The van der Waals surface area contributed by atoms with E-state index in [9.17, 15) is 18.0 Å². The van der Waals surface area contributed by atoms with E-state index in [1.807, 2.05) is 0 Å². The molecule has 0 spiro atoms. The number of rotatable bonds is 6. The molecular formula is C14H20N4O4S. The molecule has 1 aliphatic heterocycles. The summed E-state index contributed by atoms with van der Waals surface area (Å²) in [5.41, 5.74) is 0.768. The van der Waals surface area contributed by atoms with Crippen molar-refractivity contribution in [1.29, 1.82) is 0 Å². The first-order chi connectivity index (χ1) is 10.9. The van der Waals surface area contributed by atoms with Crippen molar-refractivity contribution in [2.24, 2.45) is 0 Å². The van der Waals surface area contributed by atoms with Gasteiger partial charge in [0.05, 0.1) is 12.8 Å². The van der Waals surface area contributed by atoms with Gasteiger partial charge in [0.15, 0.2) is 0 Å². The zero-order chi connectivity index (χ0) is 16.9. The molecular weight excluding hydrogens is 320 g/mol. The minimum absolute atomic E-state index is 0.126. The lowest BCUT2D eigenvalue weighted by Gasteiger charge is -2.33. The van der Waals surface area contributed by atoms with Gasteiger partial charge in [-0.2, -0.15) is 4.31 Å². The summed E-state index contributed by atoms with van der Waals surface area (Å²) in [5.74, 6) is -0.255. The van der Waals surface area contributed by atoms with Gasteiger partial charge in [-0.3, -0.25) is 14.6 Å². The molecule has 1 aliphatic rings. The number of carbonyl (C=O) groups excluding carboxylic acids is 2. The Hall–Kier alpha value is -2.00. The number of carbonyl (C=O) groups is 2. The molecule has 1 aromatic rings. The predicted molar refractivity (Wildman–Crippen MR) is 83.7 cm³/mol. The summed E-state index contributed by atoms with van der Waals surface area (Å²) in [6.07, 6.45) is 5.01. The van der Waals surface area contributed by atoms with Gasteiger partial charge in [-0.25, -0.2) is 8.42 Å². The molecule has 0 aromatic carbocycles. The Morgan fingerprint density at radius 1 is 1.26 bits per heavy atom. The van der Waals surface area contributed by atoms with Crippen molar-refractivity contribution < 1.29 is 18.0 Å². The van der Waals surface area contributed by atoms with Crippen molar-refractivity contribution in [2.45, 2.75) is 6.54 Å². The number of amides is 2. The molecule has 23 heavy (non-hydrogen) atoms.